The van der Waals surface area contributed by atoms with Gasteiger partial charge < -0.3 is 4.55 Å². The van der Waals surface area contributed by atoms with Crippen LogP contribution in [0, 0.1) is 5.82 Å². The van der Waals surface area contributed by atoms with Gasteiger partial charge in [0.2, 0.25) is 0 Å². The van der Waals surface area contributed by atoms with E-state index in [0.29, 0.717) is 17.0 Å². The lowest BCUT2D eigenvalue weighted by Gasteiger charge is -2.08. The number of hydrogen-bond donors (Lipinski definition) is 1. The van der Waals surface area contributed by atoms with Crippen LogP contribution in [-0.2, 0) is 21.8 Å². The molecule has 1 aromatic carbocycles. The average molecular weight is 217 g/mol. The molecule has 0 aliphatic carbocycles. The summed E-state index contributed by atoms with van der Waals surface area (Å²) in [5.41, 5.74) is 3.73. The highest BCUT2D eigenvalue weighted by Gasteiger charge is 2.05. The van der Waals surface area contributed by atoms with Gasteiger partial charge in [0.1, 0.15) is 11.6 Å². The predicted molar refractivity (Wildman–Crippen MR) is 54.8 cm³/mol. The zero-order valence-corrected chi connectivity index (χ0v) is 8.86. The van der Waals surface area contributed by atoms with Gasteiger partial charge in [0, 0.05) is 5.56 Å². The van der Waals surface area contributed by atoms with Crippen molar-refractivity contribution in [2.75, 3.05) is 18.8 Å². The van der Waals surface area contributed by atoms with Crippen LogP contribution in [0.4, 0.5) is 10.1 Å². The second-order valence-corrected chi connectivity index (χ2v) is 4.31. The third kappa shape index (κ3) is 3.53. The lowest BCUT2D eigenvalue weighted by molar-refractivity contribution is 0.271. The molecule has 0 saturated heterocycles. The minimum atomic E-state index is -0.972. The molecule has 0 amide bonds. The maximum Gasteiger partial charge on any atom is 0.130 e. The smallest absolute Gasteiger partial charge is 0.130 e. The Kier molecular flexibility index (Phi) is 4.19. The van der Waals surface area contributed by atoms with Crippen LogP contribution >= 0.6 is 0 Å². The van der Waals surface area contributed by atoms with E-state index in [2.05, 4.69) is 10.3 Å². The van der Waals surface area contributed by atoms with Gasteiger partial charge >= 0.3 is 0 Å². The highest BCUT2D eigenvalue weighted by Crippen LogP contribution is 2.15. The summed E-state index contributed by atoms with van der Waals surface area (Å²) in [5, 5.41) is 0. The second kappa shape index (κ2) is 5.19. The summed E-state index contributed by atoms with van der Waals surface area (Å²) >= 11 is -0.972. The van der Waals surface area contributed by atoms with E-state index in [4.69, 9.17) is 0 Å². The third-order valence-electron chi connectivity index (χ3n) is 1.55. The molecule has 1 atom stereocenters. The molecule has 1 rings (SSSR count). The van der Waals surface area contributed by atoms with Crippen LogP contribution in [0.3, 0.4) is 0 Å². The molecule has 1 unspecified atom stereocenters. The quantitative estimate of drug-likeness (QED) is 0.616. The predicted octanol–water partition coefficient (Wildman–Crippen LogP) is 1.68. The Morgan fingerprint density at radius 3 is 2.79 bits per heavy atom. The maximum absolute atomic E-state index is 13.0. The number of nitrogens with one attached hydrogen (secondary N) is 1. The Morgan fingerprint density at radius 2 is 2.21 bits per heavy atom. The van der Waals surface area contributed by atoms with Gasteiger partial charge in [-0.3, -0.25) is 10.3 Å². The van der Waals surface area contributed by atoms with Gasteiger partial charge in [-0.1, -0.05) is 11.2 Å². The fraction of sp³-hybridized carbons (Fsp3) is 0.333. The molecule has 0 heterocycles. The van der Waals surface area contributed by atoms with Crippen LogP contribution in [0.25, 0.3) is 0 Å². The van der Waals surface area contributed by atoms with Gasteiger partial charge in [0.05, 0.1) is 19.1 Å². The highest BCUT2D eigenvalue weighted by atomic mass is 32.2. The van der Waals surface area contributed by atoms with Gasteiger partial charge in [-0.15, -0.1) is 0 Å². The van der Waals surface area contributed by atoms with Crippen LogP contribution in [-0.4, -0.2) is 17.9 Å². The molecule has 5 heteroatoms. The Bertz CT molecular complexity index is 307. The van der Waals surface area contributed by atoms with E-state index in [1.165, 1.54) is 19.2 Å². The first-order valence-electron chi connectivity index (χ1n) is 4.00. The topological polar surface area (TPSA) is 44.3 Å². The molecule has 1 aromatic rings. The van der Waals surface area contributed by atoms with Crippen molar-refractivity contribution in [3.63, 3.8) is 0 Å². The summed E-state index contributed by atoms with van der Waals surface area (Å²) in [7, 11) is 1.45. The molecule has 0 aliphatic heterocycles. The summed E-state index contributed by atoms with van der Waals surface area (Å²) in [6.07, 6.45) is 1.58. The summed E-state index contributed by atoms with van der Waals surface area (Å²) in [6, 6.07) is 4.38. The number of rotatable bonds is 4. The average Bonchev–Trinajstić information content (AvgIpc) is 2.01. The van der Waals surface area contributed by atoms with E-state index in [1.807, 2.05) is 0 Å². The van der Waals surface area contributed by atoms with Gasteiger partial charge in [-0.25, -0.2) is 4.39 Å². The first-order chi connectivity index (χ1) is 6.61. The van der Waals surface area contributed by atoms with E-state index in [-0.39, 0.29) is 5.82 Å². The molecule has 0 fully saturated rings. The molecular weight excluding hydrogens is 205 g/mol. The van der Waals surface area contributed by atoms with Gasteiger partial charge in [-0.2, -0.15) is 0 Å². The molecular formula is C9H12FNO2S. The van der Waals surface area contributed by atoms with E-state index in [0.717, 1.165) is 0 Å². The monoisotopic (exact) mass is 217 g/mol. The molecule has 0 radical (unpaired) electrons. The van der Waals surface area contributed by atoms with E-state index in [1.54, 1.807) is 12.3 Å². The lowest BCUT2D eigenvalue weighted by atomic mass is 10.2. The highest BCUT2D eigenvalue weighted by molar-refractivity contribution is 7.89. The zero-order valence-electron chi connectivity index (χ0n) is 8.04. The Morgan fingerprint density at radius 1 is 1.50 bits per heavy atom. The third-order valence-corrected chi connectivity index (χ3v) is 2.29. The van der Waals surface area contributed by atoms with Gasteiger partial charge in [0.15, 0.2) is 0 Å². The van der Waals surface area contributed by atoms with Crippen molar-refractivity contribution >= 4 is 16.9 Å². The van der Waals surface area contributed by atoms with Crippen LogP contribution in [0.1, 0.15) is 5.56 Å². The zero-order chi connectivity index (χ0) is 10.6. The molecule has 0 aromatic heterocycles. The summed E-state index contributed by atoms with van der Waals surface area (Å²) in [4.78, 5) is 4.65. The molecule has 3 nitrogen and oxygen atoms in total. The van der Waals surface area contributed by atoms with Crippen LogP contribution < -0.4 is 5.48 Å². The van der Waals surface area contributed by atoms with E-state index >= 15 is 0 Å². The van der Waals surface area contributed by atoms with Crippen molar-refractivity contribution in [2.24, 2.45) is 0 Å². The summed E-state index contributed by atoms with van der Waals surface area (Å²) < 4.78 is 23.9. The fourth-order valence-electron chi connectivity index (χ4n) is 1.15. The van der Waals surface area contributed by atoms with Crippen molar-refractivity contribution in [1.29, 1.82) is 0 Å². The van der Waals surface area contributed by atoms with Crippen LogP contribution in [0.2, 0.25) is 0 Å². The molecule has 78 valence electrons. The van der Waals surface area contributed by atoms with Gasteiger partial charge in [-0.05, 0) is 18.2 Å². The summed E-state index contributed by atoms with van der Waals surface area (Å²) in [5.74, 6) is -0.0246. The van der Waals surface area contributed by atoms with Crippen molar-refractivity contribution in [2.45, 2.75) is 5.75 Å². The lowest BCUT2D eigenvalue weighted by Crippen LogP contribution is -2.03. The van der Waals surface area contributed by atoms with Crippen molar-refractivity contribution in [3.8, 4) is 0 Å². The van der Waals surface area contributed by atoms with Gasteiger partial charge in [0.25, 0.3) is 0 Å². The SMILES string of the molecule is CONc1cc(F)cc(C[S+](C)[O-])c1. The second-order valence-electron chi connectivity index (χ2n) is 2.87. The summed E-state index contributed by atoms with van der Waals surface area (Å²) in [6.45, 7) is 0. The van der Waals surface area contributed by atoms with E-state index in [9.17, 15) is 8.94 Å². The molecule has 0 saturated carbocycles. The Balaban J connectivity index is 2.83. The Labute approximate surface area is 85.4 Å². The van der Waals surface area contributed by atoms with Crippen LogP contribution in [0.5, 0.6) is 0 Å². The number of benzene rings is 1. The molecule has 0 aliphatic rings. The molecule has 0 spiro atoms. The molecule has 14 heavy (non-hydrogen) atoms. The first kappa shape index (κ1) is 11.3. The standard InChI is InChI=1S/C9H12FNO2S/c1-13-11-9-4-7(6-14(2)12)3-8(10)5-9/h3-5,11H,6H2,1-2H3. The minimum Gasteiger partial charge on any atom is -0.616 e. The molecule has 1 N–H and O–H groups in total. The fourth-order valence-corrected chi connectivity index (χ4v) is 1.78. The number of hydrogen-bond acceptors (Lipinski definition) is 3. The molecule has 0 bridgehead atoms. The minimum absolute atomic E-state index is 0.343. The normalized spacial score (nSPS) is 12.6. The number of halogens is 1. The van der Waals surface area contributed by atoms with Crippen LogP contribution in [0.15, 0.2) is 18.2 Å². The maximum atomic E-state index is 13.0. The van der Waals surface area contributed by atoms with Crippen molar-refractivity contribution in [3.05, 3.63) is 29.6 Å². The largest absolute Gasteiger partial charge is 0.616 e. The van der Waals surface area contributed by atoms with Crippen molar-refractivity contribution < 1.29 is 13.8 Å². The number of anilines is 1. The van der Waals surface area contributed by atoms with E-state index < -0.39 is 11.2 Å². The Hall–Kier alpha value is -0.780. The first-order valence-corrected chi connectivity index (χ1v) is 5.73. The van der Waals surface area contributed by atoms with Crippen molar-refractivity contribution in [1.82, 2.24) is 0 Å².